The molecule has 1 aromatic heterocycles. The van der Waals surface area contributed by atoms with E-state index in [4.69, 9.17) is 14.7 Å². The lowest BCUT2D eigenvalue weighted by atomic mass is 10.0. The van der Waals surface area contributed by atoms with Crippen molar-refractivity contribution < 1.29 is 9.53 Å². The average Bonchev–Trinajstić information content (AvgIpc) is 3.33. The quantitative estimate of drug-likeness (QED) is 0.390. The maximum atomic E-state index is 12.2. The Kier molecular flexibility index (Phi) is 7.06. The molecule has 35 heavy (non-hydrogen) atoms. The van der Waals surface area contributed by atoms with Gasteiger partial charge in [0, 0.05) is 50.9 Å². The molecular formula is C26H33N7O2. The van der Waals surface area contributed by atoms with Crippen LogP contribution in [0.4, 0.5) is 11.8 Å². The molecule has 2 fully saturated rings. The van der Waals surface area contributed by atoms with Gasteiger partial charge in [0.15, 0.2) is 0 Å². The second-order valence-electron chi connectivity index (χ2n) is 9.37. The number of hydrazone groups is 1. The van der Waals surface area contributed by atoms with Crippen molar-refractivity contribution in [2.24, 2.45) is 5.10 Å². The van der Waals surface area contributed by atoms with E-state index < -0.39 is 0 Å². The maximum absolute atomic E-state index is 12.2. The molecule has 1 amide bonds. The van der Waals surface area contributed by atoms with Gasteiger partial charge in [-0.3, -0.25) is 9.69 Å². The molecule has 5 rings (SSSR count). The summed E-state index contributed by atoms with van der Waals surface area (Å²) in [7, 11) is 0. The van der Waals surface area contributed by atoms with Crippen LogP contribution in [0.5, 0.6) is 0 Å². The molecule has 1 aromatic carbocycles. The van der Waals surface area contributed by atoms with Crippen molar-refractivity contribution in [2.45, 2.75) is 38.9 Å². The summed E-state index contributed by atoms with van der Waals surface area (Å²) in [6.45, 7) is 11.8. The van der Waals surface area contributed by atoms with Gasteiger partial charge in [0.25, 0.3) is 0 Å². The van der Waals surface area contributed by atoms with Gasteiger partial charge in [0.2, 0.25) is 11.9 Å². The van der Waals surface area contributed by atoms with Crippen LogP contribution in [0.2, 0.25) is 0 Å². The highest BCUT2D eigenvalue weighted by Crippen LogP contribution is 2.33. The normalized spacial score (nSPS) is 20.8. The van der Waals surface area contributed by atoms with Crippen LogP contribution in [-0.4, -0.2) is 77.3 Å². The fourth-order valence-corrected chi connectivity index (χ4v) is 5.10. The number of carbonyl (C=O) groups is 1. The molecule has 3 aliphatic heterocycles. The van der Waals surface area contributed by atoms with Crippen LogP contribution in [0.15, 0.2) is 42.0 Å². The molecule has 184 valence electrons. The van der Waals surface area contributed by atoms with Crippen molar-refractivity contribution in [1.82, 2.24) is 19.8 Å². The minimum absolute atomic E-state index is 0.0122. The largest absolute Gasteiger partial charge is 0.378 e. The lowest BCUT2D eigenvalue weighted by Gasteiger charge is -2.37. The second-order valence-corrected chi connectivity index (χ2v) is 9.37. The number of morpholine rings is 1. The Morgan fingerprint density at radius 3 is 2.89 bits per heavy atom. The van der Waals surface area contributed by atoms with Gasteiger partial charge < -0.3 is 14.5 Å². The topological polar surface area (TPSA) is 86.2 Å². The summed E-state index contributed by atoms with van der Waals surface area (Å²) in [5.41, 5.74) is 7.47. The summed E-state index contributed by atoms with van der Waals surface area (Å²) in [6.07, 6.45) is 5.27. The smallest absolute Gasteiger partial charge is 0.246 e. The van der Waals surface area contributed by atoms with Crippen LogP contribution in [0.25, 0.3) is 0 Å². The fraction of sp³-hybridized carbons (Fsp3) is 0.462. The van der Waals surface area contributed by atoms with Gasteiger partial charge in [-0.1, -0.05) is 36.4 Å². The number of aryl methyl sites for hydroxylation is 1. The van der Waals surface area contributed by atoms with E-state index in [0.717, 1.165) is 69.2 Å². The van der Waals surface area contributed by atoms with Crippen molar-refractivity contribution in [3.63, 3.8) is 0 Å². The van der Waals surface area contributed by atoms with Gasteiger partial charge in [-0.15, -0.1) is 0 Å². The van der Waals surface area contributed by atoms with E-state index in [9.17, 15) is 4.79 Å². The van der Waals surface area contributed by atoms with E-state index in [1.54, 1.807) is 6.21 Å². The SMILES string of the molecule is C=CC(=O)N1CCC[C@H](N2Cc3nc(N/N=C/c4cccc(C)c4)nc(N4CCOCC4)c3C2)C1. The van der Waals surface area contributed by atoms with Gasteiger partial charge in [-0.2, -0.15) is 10.1 Å². The summed E-state index contributed by atoms with van der Waals surface area (Å²) < 4.78 is 5.58. The number of hydrogen-bond acceptors (Lipinski definition) is 8. The number of benzene rings is 1. The molecule has 0 spiro atoms. The highest BCUT2D eigenvalue weighted by Gasteiger charge is 2.34. The molecule has 4 heterocycles. The molecular weight excluding hydrogens is 442 g/mol. The average molecular weight is 476 g/mol. The zero-order valence-corrected chi connectivity index (χ0v) is 20.3. The molecule has 0 unspecified atom stereocenters. The van der Waals surface area contributed by atoms with Crippen molar-refractivity contribution in [1.29, 1.82) is 0 Å². The predicted molar refractivity (Wildman–Crippen MR) is 137 cm³/mol. The minimum atomic E-state index is 0.0122. The van der Waals surface area contributed by atoms with Crippen LogP contribution >= 0.6 is 0 Å². The predicted octanol–water partition coefficient (Wildman–Crippen LogP) is 2.56. The van der Waals surface area contributed by atoms with Crippen LogP contribution < -0.4 is 10.3 Å². The second kappa shape index (κ2) is 10.5. The van der Waals surface area contributed by atoms with Crippen LogP contribution in [0.3, 0.4) is 0 Å². The summed E-state index contributed by atoms with van der Waals surface area (Å²) >= 11 is 0. The van der Waals surface area contributed by atoms with Crippen molar-refractivity contribution in [3.8, 4) is 0 Å². The van der Waals surface area contributed by atoms with E-state index in [2.05, 4.69) is 46.0 Å². The Labute approximate surface area is 206 Å². The van der Waals surface area contributed by atoms with Crippen molar-refractivity contribution in [2.75, 3.05) is 49.7 Å². The van der Waals surface area contributed by atoms with Gasteiger partial charge in [-0.25, -0.2) is 10.4 Å². The number of aromatic nitrogens is 2. The van der Waals surface area contributed by atoms with Crippen LogP contribution in [0.1, 0.15) is 35.2 Å². The summed E-state index contributed by atoms with van der Waals surface area (Å²) in [5.74, 6) is 1.48. The summed E-state index contributed by atoms with van der Waals surface area (Å²) in [4.78, 5) is 28.6. The molecule has 2 saturated heterocycles. The first kappa shape index (κ1) is 23.4. The molecule has 0 saturated carbocycles. The van der Waals surface area contributed by atoms with E-state index >= 15 is 0 Å². The third kappa shape index (κ3) is 5.36. The fourth-order valence-electron chi connectivity index (χ4n) is 5.10. The Bertz CT molecular complexity index is 1110. The maximum Gasteiger partial charge on any atom is 0.246 e. The third-order valence-corrected chi connectivity index (χ3v) is 6.92. The van der Waals surface area contributed by atoms with Crippen molar-refractivity contribution >= 4 is 23.9 Å². The molecule has 1 atom stereocenters. The Morgan fingerprint density at radius 2 is 2.09 bits per heavy atom. The first-order chi connectivity index (χ1) is 17.1. The Balaban J connectivity index is 1.36. The van der Waals surface area contributed by atoms with Gasteiger partial charge >= 0.3 is 0 Å². The van der Waals surface area contributed by atoms with E-state index in [1.165, 1.54) is 17.2 Å². The highest BCUT2D eigenvalue weighted by atomic mass is 16.5. The van der Waals surface area contributed by atoms with Crippen molar-refractivity contribution in [3.05, 3.63) is 59.3 Å². The number of amides is 1. The molecule has 9 nitrogen and oxygen atoms in total. The van der Waals surface area contributed by atoms with Crippen LogP contribution in [-0.2, 0) is 22.6 Å². The number of ether oxygens (including phenoxy) is 1. The number of fused-ring (bicyclic) bond motifs is 1. The standard InChI is InChI=1S/C26H33N7O2/c1-3-24(34)32-9-5-8-21(16-32)33-17-22-23(18-33)28-26(29-25(22)31-10-12-35-13-11-31)30-27-15-20-7-4-6-19(2)14-20/h3-4,6-7,14-15,21H,1,5,8-13,16-18H2,2H3,(H,28,29,30)/b27-15+/t21-/m0/s1. The Hall–Kier alpha value is -3.30. The molecule has 1 N–H and O–H groups in total. The third-order valence-electron chi connectivity index (χ3n) is 6.92. The lowest BCUT2D eigenvalue weighted by molar-refractivity contribution is -0.128. The van der Waals surface area contributed by atoms with E-state index in [1.807, 2.05) is 17.0 Å². The summed E-state index contributed by atoms with van der Waals surface area (Å²) in [6, 6.07) is 8.48. The first-order valence-corrected chi connectivity index (χ1v) is 12.3. The van der Waals surface area contributed by atoms with Gasteiger partial charge in [0.1, 0.15) is 5.82 Å². The number of hydrogen-bond donors (Lipinski definition) is 1. The van der Waals surface area contributed by atoms with Gasteiger partial charge in [-0.05, 0) is 31.4 Å². The number of anilines is 2. The number of rotatable bonds is 6. The number of nitrogens with zero attached hydrogens (tertiary/aromatic N) is 6. The molecule has 0 bridgehead atoms. The van der Waals surface area contributed by atoms with E-state index in [0.29, 0.717) is 25.2 Å². The minimum Gasteiger partial charge on any atom is -0.378 e. The molecule has 0 aliphatic carbocycles. The van der Waals surface area contributed by atoms with Gasteiger partial charge in [0.05, 0.1) is 25.1 Å². The first-order valence-electron chi connectivity index (χ1n) is 12.3. The molecule has 3 aliphatic rings. The summed E-state index contributed by atoms with van der Waals surface area (Å²) in [5, 5.41) is 4.40. The highest BCUT2D eigenvalue weighted by molar-refractivity contribution is 5.87. The number of carbonyl (C=O) groups excluding carboxylic acids is 1. The lowest BCUT2D eigenvalue weighted by Crippen LogP contribution is -2.47. The molecule has 9 heteroatoms. The Morgan fingerprint density at radius 1 is 1.23 bits per heavy atom. The zero-order chi connectivity index (χ0) is 24.2. The molecule has 2 aromatic rings. The number of likely N-dealkylation sites (tertiary alicyclic amines) is 1. The monoisotopic (exact) mass is 475 g/mol. The van der Waals surface area contributed by atoms with Crippen LogP contribution in [0, 0.1) is 6.92 Å². The van der Waals surface area contributed by atoms with E-state index in [-0.39, 0.29) is 5.91 Å². The number of piperidine rings is 1. The zero-order valence-electron chi connectivity index (χ0n) is 20.3. The molecule has 0 radical (unpaired) electrons. The number of nitrogens with one attached hydrogen (secondary N) is 1.